The average molecular weight is 359 g/mol. The van der Waals surface area contributed by atoms with E-state index in [0.29, 0.717) is 17.1 Å². The van der Waals surface area contributed by atoms with Crippen LogP contribution in [-0.2, 0) is 6.42 Å². The van der Waals surface area contributed by atoms with Crippen LogP contribution in [0, 0.1) is 0 Å². The van der Waals surface area contributed by atoms with E-state index in [4.69, 9.17) is 4.74 Å². The third-order valence-corrected chi connectivity index (χ3v) is 4.74. The second-order valence-electron chi connectivity index (χ2n) is 6.40. The lowest BCUT2D eigenvalue weighted by Gasteiger charge is -2.15. The zero-order valence-corrected chi connectivity index (χ0v) is 14.7. The van der Waals surface area contributed by atoms with Crippen LogP contribution in [0.1, 0.15) is 24.1 Å². The number of hydrogen-bond acceptors (Lipinski definition) is 7. The maximum absolute atomic E-state index is 5.28. The number of fused-ring (bicyclic) bond motifs is 4. The van der Waals surface area contributed by atoms with E-state index in [-0.39, 0.29) is 0 Å². The van der Waals surface area contributed by atoms with Crippen molar-refractivity contribution in [1.29, 1.82) is 0 Å². The molecule has 0 spiro atoms. The van der Waals surface area contributed by atoms with Gasteiger partial charge in [0, 0.05) is 17.1 Å². The third-order valence-electron chi connectivity index (χ3n) is 4.74. The van der Waals surface area contributed by atoms with Crippen LogP contribution in [0.15, 0.2) is 41.6 Å². The summed E-state index contributed by atoms with van der Waals surface area (Å²) in [5.41, 5.74) is 8.31. The molecule has 0 atom stereocenters. The predicted octanol–water partition coefficient (Wildman–Crippen LogP) is 3.06. The number of aromatic amines is 1. The van der Waals surface area contributed by atoms with Crippen LogP contribution in [0.3, 0.4) is 0 Å². The fourth-order valence-corrected chi connectivity index (χ4v) is 3.42. The van der Waals surface area contributed by atoms with Gasteiger partial charge in [0.05, 0.1) is 18.5 Å². The minimum atomic E-state index is 0.344. The number of aryl methyl sites for hydroxylation is 1. The summed E-state index contributed by atoms with van der Waals surface area (Å²) in [6.07, 6.45) is 4.76. The number of ether oxygens (including phenoxy) is 1. The summed E-state index contributed by atoms with van der Waals surface area (Å²) in [6, 6.07) is 9.81. The lowest BCUT2D eigenvalue weighted by molar-refractivity contribution is 0.415. The molecule has 3 heterocycles. The molecule has 0 bridgehead atoms. The van der Waals surface area contributed by atoms with Crippen LogP contribution >= 0.6 is 0 Å². The monoisotopic (exact) mass is 359 g/mol. The quantitative estimate of drug-likeness (QED) is 0.545. The fraction of sp³-hybridized carbons (Fsp3) is 0.211. The molecule has 2 N–H and O–H groups in total. The van der Waals surface area contributed by atoms with Gasteiger partial charge >= 0.3 is 0 Å². The van der Waals surface area contributed by atoms with Crippen LogP contribution < -0.4 is 10.2 Å². The van der Waals surface area contributed by atoms with Gasteiger partial charge in [0.2, 0.25) is 0 Å². The molecule has 0 saturated carbocycles. The molecular weight excluding hydrogens is 342 g/mol. The van der Waals surface area contributed by atoms with Crippen molar-refractivity contribution in [3.63, 3.8) is 0 Å². The highest BCUT2D eigenvalue weighted by molar-refractivity contribution is 6.04. The van der Waals surface area contributed by atoms with Crippen LogP contribution in [0.5, 0.6) is 5.75 Å². The number of methoxy groups -OCH3 is 1. The number of pyridine rings is 1. The molecule has 0 radical (unpaired) electrons. The maximum Gasteiger partial charge on any atom is 0.265 e. The van der Waals surface area contributed by atoms with Crippen molar-refractivity contribution >= 4 is 33.7 Å². The molecule has 1 aliphatic carbocycles. The molecule has 0 amide bonds. The number of nitrogens with one attached hydrogen (secondary N) is 2. The Morgan fingerprint density at radius 1 is 1.19 bits per heavy atom. The summed E-state index contributed by atoms with van der Waals surface area (Å²) < 4.78 is 5.28. The van der Waals surface area contributed by atoms with Gasteiger partial charge in [-0.1, -0.05) is 6.07 Å². The molecule has 0 unspecified atom stereocenters. The van der Waals surface area contributed by atoms with E-state index in [2.05, 4.69) is 41.7 Å². The minimum Gasteiger partial charge on any atom is -0.497 e. The fourth-order valence-electron chi connectivity index (χ4n) is 3.42. The van der Waals surface area contributed by atoms with Crippen molar-refractivity contribution in [3.05, 3.63) is 47.8 Å². The average Bonchev–Trinajstić information content (AvgIpc) is 3.09. The smallest absolute Gasteiger partial charge is 0.265 e. The summed E-state index contributed by atoms with van der Waals surface area (Å²) >= 11 is 0. The maximum atomic E-state index is 5.28. The highest BCUT2D eigenvalue weighted by Gasteiger charge is 2.17. The number of nitrogens with zero attached hydrogens (tertiary/aromatic N) is 5. The van der Waals surface area contributed by atoms with Crippen molar-refractivity contribution < 1.29 is 4.74 Å². The number of H-pyrrole nitrogens is 1. The van der Waals surface area contributed by atoms with Crippen LogP contribution in [0.4, 0.5) is 5.95 Å². The predicted molar refractivity (Wildman–Crippen MR) is 103 cm³/mol. The first kappa shape index (κ1) is 15.7. The SMILES string of the molecule is COc1ccc2[nH]c3nc(N/N=C4\CCCc5cccnc54)nnc3c2c1. The van der Waals surface area contributed by atoms with E-state index >= 15 is 0 Å². The lowest BCUT2D eigenvalue weighted by Crippen LogP contribution is -2.15. The Labute approximate surface area is 154 Å². The Kier molecular flexibility index (Phi) is 3.67. The van der Waals surface area contributed by atoms with Crippen LogP contribution in [0.25, 0.3) is 22.1 Å². The van der Waals surface area contributed by atoms with E-state index in [1.54, 1.807) is 13.3 Å². The zero-order valence-electron chi connectivity index (χ0n) is 14.7. The molecule has 0 fully saturated rings. The number of anilines is 1. The number of benzene rings is 1. The summed E-state index contributed by atoms with van der Waals surface area (Å²) in [5.74, 6) is 1.11. The summed E-state index contributed by atoms with van der Waals surface area (Å²) in [6.45, 7) is 0. The topological polar surface area (TPSA) is 101 Å². The van der Waals surface area contributed by atoms with Gasteiger partial charge in [0.1, 0.15) is 11.3 Å². The Balaban J connectivity index is 1.49. The van der Waals surface area contributed by atoms with E-state index in [1.165, 1.54) is 5.56 Å². The summed E-state index contributed by atoms with van der Waals surface area (Å²) in [4.78, 5) is 12.2. The van der Waals surface area contributed by atoms with E-state index < -0.39 is 0 Å². The molecule has 1 aliphatic rings. The molecule has 8 heteroatoms. The molecular formula is C19H17N7O. The highest BCUT2D eigenvalue weighted by Crippen LogP contribution is 2.26. The van der Waals surface area contributed by atoms with Crippen molar-refractivity contribution in [2.24, 2.45) is 5.10 Å². The Morgan fingerprint density at radius 3 is 3.07 bits per heavy atom. The van der Waals surface area contributed by atoms with Crippen LogP contribution in [-0.4, -0.2) is 38.0 Å². The normalized spacial score (nSPS) is 15.2. The van der Waals surface area contributed by atoms with Crippen molar-refractivity contribution in [2.45, 2.75) is 19.3 Å². The zero-order chi connectivity index (χ0) is 18.2. The van der Waals surface area contributed by atoms with Gasteiger partial charge in [-0.3, -0.25) is 4.98 Å². The van der Waals surface area contributed by atoms with Gasteiger partial charge in [-0.15, -0.1) is 10.2 Å². The molecule has 5 rings (SSSR count). The van der Waals surface area contributed by atoms with Gasteiger partial charge in [0.25, 0.3) is 5.95 Å². The first-order valence-corrected chi connectivity index (χ1v) is 8.79. The van der Waals surface area contributed by atoms with Gasteiger partial charge in [-0.05, 0) is 49.1 Å². The highest BCUT2D eigenvalue weighted by atomic mass is 16.5. The third kappa shape index (κ3) is 2.75. The van der Waals surface area contributed by atoms with Crippen LogP contribution in [0.2, 0.25) is 0 Å². The number of aromatic nitrogens is 5. The molecule has 8 nitrogen and oxygen atoms in total. The molecule has 3 aromatic heterocycles. The number of hydrogen-bond donors (Lipinski definition) is 2. The summed E-state index contributed by atoms with van der Waals surface area (Å²) in [5, 5.41) is 13.9. The lowest BCUT2D eigenvalue weighted by atomic mass is 9.95. The van der Waals surface area contributed by atoms with E-state index in [0.717, 1.165) is 47.3 Å². The number of hydrazone groups is 1. The van der Waals surface area contributed by atoms with Gasteiger partial charge < -0.3 is 9.72 Å². The molecule has 0 saturated heterocycles. The van der Waals surface area contributed by atoms with Crippen molar-refractivity contribution in [1.82, 2.24) is 25.1 Å². The largest absolute Gasteiger partial charge is 0.497 e. The second kappa shape index (κ2) is 6.31. The van der Waals surface area contributed by atoms with Gasteiger partial charge in [0.15, 0.2) is 5.65 Å². The molecule has 27 heavy (non-hydrogen) atoms. The first-order chi connectivity index (χ1) is 13.3. The van der Waals surface area contributed by atoms with Crippen molar-refractivity contribution in [3.8, 4) is 5.75 Å². The van der Waals surface area contributed by atoms with E-state index in [9.17, 15) is 0 Å². The minimum absolute atomic E-state index is 0.344. The van der Waals surface area contributed by atoms with Gasteiger partial charge in [-0.25, -0.2) is 5.43 Å². The first-order valence-electron chi connectivity index (χ1n) is 8.79. The molecule has 134 valence electrons. The van der Waals surface area contributed by atoms with Crippen molar-refractivity contribution in [2.75, 3.05) is 12.5 Å². The Hall–Kier alpha value is -3.55. The molecule has 0 aliphatic heterocycles. The standard InChI is InChI=1S/C19H17N7O/c1-27-12-7-8-14-13(10-12)17-18(21-14)22-19(26-24-17)25-23-15-6-2-4-11-5-3-9-20-16(11)15/h3,5,7-10H,2,4,6H2,1H3,(H2,21,22,25,26)/b23-15+. The van der Waals surface area contributed by atoms with E-state index in [1.807, 2.05) is 24.3 Å². The molecule has 4 aromatic rings. The van der Waals surface area contributed by atoms with Gasteiger partial charge in [-0.2, -0.15) is 10.1 Å². The Morgan fingerprint density at radius 2 is 2.15 bits per heavy atom. The summed E-state index contributed by atoms with van der Waals surface area (Å²) in [7, 11) is 1.64. The Bertz CT molecular complexity index is 1180. The number of rotatable bonds is 3. The molecule has 1 aromatic carbocycles. The second-order valence-corrected chi connectivity index (χ2v) is 6.40.